The Morgan fingerprint density at radius 2 is 1.92 bits per heavy atom. The highest BCUT2D eigenvalue weighted by Crippen LogP contribution is 2.42. The Hall–Kier alpha value is -4.04. The fourth-order valence-electron chi connectivity index (χ4n) is 5.88. The van der Waals surface area contributed by atoms with Crippen molar-refractivity contribution in [3.05, 3.63) is 87.0 Å². The molecular formula is C29H28N2O6. The van der Waals surface area contributed by atoms with Crippen LogP contribution in [0, 0.1) is 5.92 Å². The molecule has 0 unspecified atom stereocenters. The van der Waals surface area contributed by atoms with Gasteiger partial charge in [0, 0.05) is 55.5 Å². The van der Waals surface area contributed by atoms with Gasteiger partial charge in [0.05, 0.1) is 25.3 Å². The van der Waals surface area contributed by atoms with Gasteiger partial charge < -0.3 is 23.9 Å². The van der Waals surface area contributed by atoms with Crippen molar-refractivity contribution >= 4 is 11.9 Å². The third kappa shape index (κ3) is 4.07. The van der Waals surface area contributed by atoms with Gasteiger partial charge in [-0.25, -0.2) is 0 Å². The Labute approximate surface area is 214 Å². The lowest BCUT2D eigenvalue weighted by Crippen LogP contribution is -2.46. The van der Waals surface area contributed by atoms with Crippen molar-refractivity contribution < 1.29 is 24.1 Å². The number of aromatic nitrogens is 1. The van der Waals surface area contributed by atoms with Crippen LogP contribution in [0.1, 0.15) is 39.5 Å². The lowest BCUT2D eigenvalue weighted by Gasteiger charge is -2.42. The van der Waals surface area contributed by atoms with E-state index < -0.39 is 0 Å². The van der Waals surface area contributed by atoms with Crippen LogP contribution in [-0.4, -0.2) is 47.7 Å². The standard InChI is InChI=1S/C29H28N2O6/c1-35-20-7-6-18(25(12-20)36-2)11-26-28(34)21-8-9-24(32)22(29(21)37-26)16-30-13-17-10-19(15-30)23-4-3-5-27(33)31(23)14-17/h3-9,11-12,17,19,32H,10,13-16H2,1-2H3/b26-11-/t17-,19+/m1/s1. The third-order valence-corrected chi connectivity index (χ3v) is 7.58. The molecule has 190 valence electrons. The van der Waals surface area contributed by atoms with Gasteiger partial charge in [0.25, 0.3) is 5.56 Å². The first-order valence-electron chi connectivity index (χ1n) is 12.4. The number of pyridine rings is 1. The lowest BCUT2D eigenvalue weighted by molar-refractivity contribution is 0.101. The average molecular weight is 501 g/mol. The van der Waals surface area contributed by atoms with Crippen molar-refractivity contribution in [1.29, 1.82) is 0 Å². The Balaban J connectivity index is 1.28. The van der Waals surface area contributed by atoms with Crippen molar-refractivity contribution in [1.82, 2.24) is 9.47 Å². The Morgan fingerprint density at radius 1 is 1.05 bits per heavy atom. The number of Topliss-reactive ketones (excluding diaryl/α,β-unsaturated/α-hetero) is 1. The number of piperidine rings is 1. The highest BCUT2D eigenvalue weighted by Gasteiger charge is 2.37. The van der Waals surface area contributed by atoms with E-state index in [2.05, 4.69) is 4.90 Å². The molecule has 0 spiro atoms. The molecule has 6 rings (SSSR count). The number of hydrogen-bond acceptors (Lipinski definition) is 7. The fourth-order valence-corrected chi connectivity index (χ4v) is 5.88. The number of ether oxygens (including phenoxy) is 3. The first kappa shape index (κ1) is 23.4. The molecule has 8 nitrogen and oxygen atoms in total. The van der Waals surface area contributed by atoms with Crippen molar-refractivity contribution in [2.45, 2.75) is 25.4 Å². The molecule has 2 atom stereocenters. The Bertz CT molecular complexity index is 1490. The molecule has 37 heavy (non-hydrogen) atoms. The smallest absolute Gasteiger partial charge is 0.250 e. The molecule has 2 aromatic carbocycles. The molecule has 0 aliphatic carbocycles. The predicted molar refractivity (Wildman–Crippen MR) is 137 cm³/mol. The molecule has 1 saturated heterocycles. The molecule has 0 radical (unpaired) electrons. The summed E-state index contributed by atoms with van der Waals surface area (Å²) in [5.74, 6) is 2.24. The maximum absolute atomic E-state index is 13.2. The summed E-state index contributed by atoms with van der Waals surface area (Å²) < 4.78 is 18.7. The molecule has 0 saturated carbocycles. The minimum atomic E-state index is -0.238. The number of aromatic hydroxyl groups is 1. The van der Waals surface area contributed by atoms with Crippen molar-refractivity contribution in [2.75, 3.05) is 27.3 Å². The molecule has 2 bridgehead atoms. The highest BCUT2D eigenvalue weighted by atomic mass is 16.5. The number of methoxy groups -OCH3 is 2. The molecule has 0 amide bonds. The number of nitrogens with zero attached hydrogens (tertiary/aromatic N) is 2. The van der Waals surface area contributed by atoms with Crippen LogP contribution < -0.4 is 19.8 Å². The van der Waals surface area contributed by atoms with E-state index in [4.69, 9.17) is 14.2 Å². The van der Waals surface area contributed by atoms with Gasteiger partial charge in [-0.2, -0.15) is 0 Å². The summed E-state index contributed by atoms with van der Waals surface area (Å²) in [5, 5.41) is 10.8. The Kier molecular flexibility index (Phi) is 5.76. The maximum atomic E-state index is 13.2. The first-order chi connectivity index (χ1) is 17.9. The van der Waals surface area contributed by atoms with Gasteiger partial charge >= 0.3 is 0 Å². The van der Waals surface area contributed by atoms with Gasteiger partial charge in [0.2, 0.25) is 5.78 Å². The van der Waals surface area contributed by atoms with E-state index >= 15 is 0 Å². The number of hydrogen-bond donors (Lipinski definition) is 1. The summed E-state index contributed by atoms with van der Waals surface area (Å²) in [6, 6.07) is 14.0. The first-order valence-corrected chi connectivity index (χ1v) is 12.4. The number of phenolic OH excluding ortho intramolecular Hbond substituents is 1. The largest absolute Gasteiger partial charge is 0.507 e. The second-order valence-corrected chi connectivity index (χ2v) is 9.88. The molecule has 3 aliphatic rings. The summed E-state index contributed by atoms with van der Waals surface area (Å²) >= 11 is 0. The highest BCUT2D eigenvalue weighted by molar-refractivity contribution is 6.15. The summed E-state index contributed by atoms with van der Waals surface area (Å²) in [4.78, 5) is 27.9. The molecule has 4 heterocycles. The minimum absolute atomic E-state index is 0.0545. The van der Waals surface area contributed by atoms with E-state index in [1.54, 1.807) is 56.7 Å². The van der Waals surface area contributed by atoms with Crippen LogP contribution in [-0.2, 0) is 13.1 Å². The zero-order chi connectivity index (χ0) is 25.7. The van der Waals surface area contributed by atoms with Gasteiger partial charge in [0.1, 0.15) is 23.0 Å². The van der Waals surface area contributed by atoms with Crippen molar-refractivity contribution in [3.63, 3.8) is 0 Å². The van der Waals surface area contributed by atoms with E-state index in [0.29, 0.717) is 52.9 Å². The number of ketones is 1. The number of fused-ring (bicyclic) bond motifs is 5. The zero-order valence-electron chi connectivity index (χ0n) is 20.8. The zero-order valence-corrected chi connectivity index (χ0v) is 20.8. The number of carbonyl (C=O) groups is 1. The molecule has 3 aromatic rings. The number of rotatable bonds is 5. The van der Waals surface area contributed by atoms with E-state index in [-0.39, 0.29) is 28.8 Å². The van der Waals surface area contributed by atoms with Crippen molar-refractivity contribution in [2.24, 2.45) is 5.92 Å². The van der Waals surface area contributed by atoms with Crippen LogP contribution in [0.3, 0.4) is 0 Å². The van der Waals surface area contributed by atoms with E-state index in [0.717, 1.165) is 25.2 Å². The minimum Gasteiger partial charge on any atom is -0.507 e. The molecule has 1 aromatic heterocycles. The van der Waals surface area contributed by atoms with Gasteiger partial charge in [0.15, 0.2) is 5.76 Å². The monoisotopic (exact) mass is 500 g/mol. The summed E-state index contributed by atoms with van der Waals surface area (Å²) in [6.45, 7) is 2.72. The third-order valence-electron chi connectivity index (χ3n) is 7.58. The van der Waals surface area contributed by atoms with E-state index in [1.165, 1.54) is 0 Å². The summed E-state index contributed by atoms with van der Waals surface area (Å²) in [7, 11) is 3.14. The summed E-state index contributed by atoms with van der Waals surface area (Å²) in [6.07, 6.45) is 2.70. The van der Waals surface area contributed by atoms with Crippen LogP contribution >= 0.6 is 0 Å². The second kappa shape index (κ2) is 9.12. The van der Waals surface area contributed by atoms with Crippen LogP contribution in [0.25, 0.3) is 6.08 Å². The Morgan fingerprint density at radius 3 is 2.73 bits per heavy atom. The van der Waals surface area contributed by atoms with Crippen LogP contribution in [0.2, 0.25) is 0 Å². The SMILES string of the molecule is COc1ccc(/C=C2\Oc3c(ccc(O)c3CN3C[C@H]4C[C@@H](C3)c3cccc(=O)n3C4)C2=O)c(OC)c1. The number of phenols is 1. The molecule has 1 fully saturated rings. The lowest BCUT2D eigenvalue weighted by atomic mass is 9.83. The number of carbonyl (C=O) groups excluding carboxylic acids is 1. The van der Waals surface area contributed by atoms with Gasteiger partial charge in [-0.3, -0.25) is 14.5 Å². The average Bonchev–Trinajstić information content (AvgIpc) is 3.21. The van der Waals surface area contributed by atoms with Gasteiger partial charge in [-0.1, -0.05) is 6.07 Å². The van der Waals surface area contributed by atoms with E-state index in [1.807, 2.05) is 16.7 Å². The molecule has 3 aliphatic heterocycles. The molecule has 1 N–H and O–H groups in total. The second-order valence-electron chi connectivity index (χ2n) is 9.88. The molecular weight excluding hydrogens is 472 g/mol. The van der Waals surface area contributed by atoms with Crippen molar-refractivity contribution in [3.8, 4) is 23.0 Å². The quantitative estimate of drug-likeness (QED) is 0.533. The molecule has 8 heteroatoms. The predicted octanol–water partition coefficient (Wildman–Crippen LogP) is 3.81. The van der Waals surface area contributed by atoms with Crippen LogP contribution in [0.4, 0.5) is 0 Å². The summed E-state index contributed by atoms with van der Waals surface area (Å²) in [5.41, 5.74) is 2.84. The van der Waals surface area contributed by atoms with Gasteiger partial charge in [-0.15, -0.1) is 0 Å². The number of likely N-dealkylation sites (tertiary alicyclic amines) is 1. The van der Waals surface area contributed by atoms with Crippen LogP contribution in [0.5, 0.6) is 23.0 Å². The van der Waals surface area contributed by atoms with Gasteiger partial charge in [-0.05, 0) is 48.7 Å². The fraction of sp³-hybridized carbons (Fsp3) is 0.310. The maximum Gasteiger partial charge on any atom is 0.250 e. The normalized spacial score (nSPS) is 21.4. The topological polar surface area (TPSA) is 90.2 Å². The number of allylic oxidation sites excluding steroid dienone is 1. The van der Waals surface area contributed by atoms with E-state index in [9.17, 15) is 14.7 Å². The van der Waals surface area contributed by atoms with Crippen LogP contribution in [0.15, 0.2) is 59.1 Å². The number of benzene rings is 2.